The Kier molecular flexibility index (Phi) is 3.09. The molecule has 0 saturated heterocycles. The molecule has 3 rings (SSSR count). The Morgan fingerprint density at radius 1 is 1.16 bits per heavy atom. The highest BCUT2D eigenvalue weighted by atomic mass is 16.1. The lowest BCUT2D eigenvalue weighted by atomic mass is 9.70. The Balaban J connectivity index is 2.06. The van der Waals surface area contributed by atoms with E-state index in [2.05, 4.69) is 11.9 Å². The van der Waals surface area contributed by atoms with Gasteiger partial charge < -0.3 is 0 Å². The number of nitrogens with zero attached hydrogens (tertiary/aromatic N) is 1. The summed E-state index contributed by atoms with van der Waals surface area (Å²) in [5.74, 6) is 0.297. The van der Waals surface area contributed by atoms with Gasteiger partial charge in [-0.2, -0.15) is 0 Å². The van der Waals surface area contributed by atoms with Crippen molar-refractivity contribution >= 4 is 16.6 Å². The summed E-state index contributed by atoms with van der Waals surface area (Å²) in [5, 5.41) is 2.09. The lowest BCUT2D eigenvalue weighted by Crippen LogP contribution is -2.30. The number of aromatic nitrogens is 1. The largest absolute Gasteiger partial charge is 0.294 e. The fraction of sp³-hybridized carbons (Fsp3) is 0.412. The molecule has 0 unspecified atom stereocenters. The van der Waals surface area contributed by atoms with Crippen molar-refractivity contribution in [2.45, 2.75) is 39.0 Å². The number of fused-ring (bicyclic) bond motifs is 1. The second-order valence-corrected chi connectivity index (χ2v) is 5.85. The maximum absolute atomic E-state index is 12.9. The highest BCUT2D eigenvalue weighted by Gasteiger charge is 2.35. The maximum Gasteiger partial charge on any atom is 0.169 e. The summed E-state index contributed by atoms with van der Waals surface area (Å²) in [4.78, 5) is 17.1. The fourth-order valence-corrected chi connectivity index (χ4v) is 3.20. The first-order valence-electron chi connectivity index (χ1n) is 7.08. The van der Waals surface area contributed by atoms with Gasteiger partial charge in [0.1, 0.15) is 0 Å². The highest BCUT2D eigenvalue weighted by molar-refractivity contribution is 6.10. The average Bonchev–Trinajstić information content (AvgIpc) is 2.47. The number of Topliss-reactive ketones (excluding diaryl/α,β-unsaturated/α-hetero) is 1. The molecule has 1 aromatic heterocycles. The zero-order valence-electron chi connectivity index (χ0n) is 11.4. The molecule has 98 valence electrons. The number of carbonyl (C=O) groups is 1. The molecule has 2 nitrogen and oxygen atoms in total. The Bertz CT molecular complexity index is 606. The number of ketones is 1. The van der Waals surface area contributed by atoms with E-state index in [4.69, 9.17) is 0 Å². The van der Waals surface area contributed by atoms with Crippen molar-refractivity contribution in [3.8, 4) is 0 Å². The van der Waals surface area contributed by atoms with Gasteiger partial charge in [0.2, 0.25) is 0 Å². The van der Waals surface area contributed by atoms with Gasteiger partial charge in [-0.15, -0.1) is 0 Å². The van der Waals surface area contributed by atoms with Gasteiger partial charge in [-0.3, -0.25) is 9.78 Å². The molecule has 0 amide bonds. The van der Waals surface area contributed by atoms with Gasteiger partial charge in [0.25, 0.3) is 0 Å². The summed E-state index contributed by atoms with van der Waals surface area (Å²) >= 11 is 0. The van der Waals surface area contributed by atoms with Crippen LogP contribution in [-0.4, -0.2) is 10.8 Å². The van der Waals surface area contributed by atoms with Crippen LogP contribution in [0.5, 0.6) is 0 Å². The molecule has 1 saturated carbocycles. The Morgan fingerprint density at radius 2 is 1.95 bits per heavy atom. The minimum absolute atomic E-state index is 0.178. The summed E-state index contributed by atoms with van der Waals surface area (Å²) in [5.41, 5.74) is 0.664. The molecule has 19 heavy (non-hydrogen) atoms. The first kappa shape index (κ1) is 12.3. The Morgan fingerprint density at radius 3 is 2.74 bits per heavy atom. The second kappa shape index (κ2) is 4.76. The number of rotatable bonds is 2. The lowest BCUT2D eigenvalue weighted by molar-refractivity contribution is 0.0751. The second-order valence-electron chi connectivity index (χ2n) is 5.85. The standard InChI is InChI=1S/C17H19NO/c1-17(9-3-2-4-10-17)16(19)14-7-5-6-13-8-11-18-12-15(13)14/h5-8,11-12H,2-4,9-10H2,1H3. The molecule has 0 radical (unpaired) electrons. The molecule has 2 aromatic rings. The molecule has 2 heteroatoms. The van der Waals surface area contributed by atoms with E-state index in [1.807, 2.05) is 30.5 Å². The summed E-state index contributed by atoms with van der Waals surface area (Å²) in [7, 11) is 0. The van der Waals surface area contributed by atoms with Crippen LogP contribution in [0.3, 0.4) is 0 Å². The maximum atomic E-state index is 12.9. The van der Waals surface area contributed by atoms with E-state index in [1.54, 1.807) is 6.20 Å². The van der Waals surface area contributed by atoms with Crippen LogP contribution >= 0.6 is 0 Å². The molecular weight excluding hydrogens is 234 g/mol. The van der Waals surface area contributed by atoms with Gasteiger partial charge in [-0.25, -0.2) is 0 Å². The van der Waals surface area contributed by atoms with Crippen LogP contribution in [0.2, 0.25) is 0 Å². The van der Waals surface area contributed by atoms with Crippen LogP contribution in [0, 0.1) is 5.41 Å². The number of pyridine rings is 1. The summed E-state index contributed by atoms with van der Waals surface area (Å²) < 4.78 is 0. The average molecular weight is 253 g/mol. The summed E-state index contributed by atoms with van der Waals surface area (Å²) in [6, 6.07) is 7.93. The van der Waals surface area contributed by atoms with E-state index in [0.29, 0.717) is 5.78 Å². The third-order valence-electron chi connectivity index (χ3n) is 4.43. The van der Waals surface area contributed by atoms with Crippen molar-refractivity contribution < 1.29 is 4.79 Å². The highest BCUT2D eigenvalue weighted by Crippen LogP contribution is 2.39. The molecule has 1 aliphatic rings. The van der Waals surface area contributed by atoms with Crippen LogP contribution in [-0.2, 0) is 0 Å². The molecule has 0 spiro atoms. The summed E-state index contributed by atoms with van der Waals surface area (Å²) in [6.45, 7) is 2.13. The molecule has 0 atom stereocenters. The van der Waals surface area contributed by atoms with Gasteiger partial charge in [-0.05, 0) is 24.3 Å². The number of hydrogen-bond donors (Lipinski definition) is 0. The summed E-state index contributed by atoms with van der Waals surface area (Å²) in [6.07, 6.45) is 9.23. The Hall–Kier alpha value is -1.70. The van der Waals surface area contributed by atoms with E-state index in [9.17, 15) is 4.79 Å². The monoisotopic (exact) mass is 253 g/mol. The van der Waals surface area contributed by atoms with Gasteiger partial charge in [-0.1, -0.05) is 44.4 Å². The van der Waals surface area contributed by atoms with Gasteiger partial charge in [0.05, 0.1) is 0 Å². The third-order valence-corrected chi connectivity index (χ3v) is 4.43. The van der Waals surface area contributed by atoms with E-state index in [0.717, 1.165) is 29.2 Å². The molecule has 1 fully saturated rings. The van der Waals surface area contributed by atoms with Crippen molar-refractivity contribution in [3.63, 3.8) is 0 Å². The van der Waals surface area contributed by atoms with Crippen molar-refractivity contribution in [2.24, 2.45) is 5.41 Å². The van der Waals surface area contributed by atoms with Crippen molar-refractivity contribution in [1.82, 2.24) is 4.98 Å². The van der Waals surface area contributed by atoms with Crippen LogP contribution in [0.25, 0.3) is 10.8 Å². The number of hydrogen-bond acceptors (Lipinski definition) is 2. The zero-order valence-corrected chi connectivity index (χ0v) is 11.4. The predicted molar refractivity (Wildman–Crippen MR) is 77.3 cm³/mol. The SMILES string of the molecule is CC1(C(=O)c2cccc3ccncc23)CCCCC1. The fourth-order valence-electron chi connectivity index (χ4n) is 3.20. The zero-order chi connectivity index (χ0) is 13.3. The van der Waals surface area contributed by atoms with E-state index in [-0.39, 0.29) is 5.41 Å². The smallest absolute Gasteiger partial charge is 0.169 e. The van der Waals surface area contributed by atoms with E-state index < -0.39 is 0 Å². The first-order chi connectivity index (χ1) is 9.21. The molecule has 1 aromatic carbocycles. The van der Waals surface area contributed by atoms with Crippen LogP contribution in [0.15, 0.2) is 36.7 Å². The predicted octanol–water partition coefficient (Wildman–Crippen LogP) is 4.39. The van der Waals surface area contributed by atoms with Crippen molar-refractivity contribution in [2.75, 3.05) is 0 Å². The van der Waals surface area contributed by atoms with E-state index >= 15 is 0 Å². The normalized spacial score (nSPS) is 18.4. The van der Waals surface area contributed by atoms with Crippen molar-refractivity contribution in [1.29, 1.82) is 0 Å². The molecule has 1 heterocycles. The number of carbonyl (C=O) groups excluding carboxylic acids is 1. The van der Waals surface area contributed by atoms with Crippen LogP contribution in [0.1, 0.15) is 49.4 Å². The topological polar surface area (TPSA) is 30.0 Å². The Labute approximate surface area is 113 Å². The third kappa shape index (κ3) is 2.16. The lowest BCUT2D eigenvalue weighted by Gasteiger charge is -2.32. The number of benzene rings is 1. The first-order valence-corrected chi connectivity index (χ1v) is 7.08. The minimum atomic E-state index is -0.178. The van der Waals surface area contributed by atoms with Gasteiger partial charge in [0.15, 0.2) is 5.78 Å². The van der Waals surface area contributed by atoms with E-state index in [1.165, 1.54) is 19.3 Å². The molecule has 0 N–H and O–H groups in total. The molecular formula is C17H19NO. The minimum Gasteiger partial charge on any atom is -0.294 e. The molecule has 0 bridgehead atoms. The quantitative estimate of drug-likeness (QED) is 0.743. The molecule has 0 aliphatic heterocycles. The van der Waals surface area contributed by atoms with Crippen molar-refractivity contribution in [3.05, 3.63) is 42.2 Å². The molecule has 1 aliphatic carbocycles. The van der Waals surface area contributed by atoms with Crippen LogP contribution < -0.4 is 0 Å². The van der Waals surface area contributed by atoms with Crippen LogP contribution in [0.4, 0.5) is 0 Å². The van der Waals surface area contributed by atoms with Gasteiger partial charge >= 0.3 is 0 Å². The van der Waals surface area contributed by atoms with Gasteiger partial charge in [0, 0.05) is 28.8 Å².